The lowest BCUT2D eigenvalue weighted by Gasteiger charge is -2.27. The van der Waals surface area contributed by atoms with Crippen molar-refractivity contribution in [2.24, 2.45) is 11.8 Å². The van der Waals surface area contributed by atoms with Crippen LogP contribution < -0.4 is 5.32 Å². The largest absolute Gasteiger partial charge is 0.339 e. The molecule has 2 fully saturated rings. The van der Waals surface area contributed by atoms with E-state index in [-0.39, 0.29) is 11.8 Å². The van der Waals surface area contributed by atoms with Crippen LogP contribution in [0.1, 0.15) is 25.3 Å². The van der Waals surface area contributed by atoms with Crippen LogP contribution in [0.4, 0.5) is 0 Å². The third-order valence-electron chi connectivity index (χ3n) is 4.89. The summed E-state index contributed by atoms with van der Waals surface area (Å²) in [6.07, 6.45) is 0. The fourth-order valence-electron chi connectivity index (χ4n) is 3.59. The highest BCUT2D eigenvalue weighted by atomic mass is 16.2. The molecule has 0 aliphatic carbocycles. The molecule has 1 amide bonds. The molecule has 2 saturated heterocycles. The molecule has 4 atom stereocenters. The van der Waals surface area contributed by atoms with E-state index in [0.29, 0.717) is 17.9 Å². The maximum atomic E-state index is 12.7. The Morgan fingerprint density at radius 3 is 2.74 bits per heavy atom. The first-order valence-corrected chi connectivity index (χ1v) is 7.24. The fraction of sp³-hybridized carbons (Fsp3) is 0.562. The smallest absolute Gasteiger partial charge is 0.230 e. The summed E-state index contributed by atoms with van der Waals surface area (Å²) in [4.78, 5) is 14.8. The number of rotatable bonds is 2. The van der Waals surface area contributed by atoms with Gasteiger partial charge < -0.3 is 10.2 Å². The highest BCUT2D eigenvalue weighted by Crippen LogP contribution is 2.34. The van der Waals surface area contributed by atoms with E-state index in [0.717, 1.165) is 25.2 Å². The molecular weight excluding hydrogens is 236 g/mol. The Bertz CT molecular complexity index is 459. The van der Waals surface area contributed by atoms with E-state index in [2.05, 4.69) is 17.1 Å². The molecule has 0 spiro atoms. The quantitative estimate of drug-likeness (QED) is 0.878. The lowest BCUT2D eigenvalue weighted by molar-refractivity contribution is -0.133. The van der Waals surface area contributed by atoms with Crippen LogP contribution in [0, 0.1) is 11.8 Å². The Morgan fingerprint density at radius 1 is 1.32 bits per heavy atom. The fourth-order valence-corrected chi connectivity index (χ4v) is 3.59. The summed E-state index contributed by atoms with van der Waals surface area (Å²) in [6, 6.07) is 10.5. The third-order valence-corrected chi connectivity index (χ3v) is 4.89. The highest BCUT2D eigenvalue weighted by Gasteiger charge is 2.44. The van der Waals surface area contributed by atoms with Crippen molar-refractivity contribution in [3.05, 3.63) is 35.9 Å². The Kier molecular flexibility index (Phi) is 3.31. The summed E-state index contributed by atoms with van der Waals surface area (Å²) in [5, 5.41) is 3.44. The van der Waals surface area contributed by atoms with Crippen LogP contribution in [0.25, 0.3) is 0 Å². The maximum absolute atomic E-state index is 12.7. The second-order valence-corrected chi connectivity index (χ2v) is 5.95. The molecule has 3 heteroatoms. The topological polar surface area (TPSA) is 32.3 Å². The number of hydrogen-bond donors (Lipinski definition) is 1. The minimum atomic E-state index is -0.0320. The van der Waals surface area contributed by atoms with Gasteiger partial charge in [-0.3, -0.25) is 4.79 Å². The van der Waals surface area contributed by atoms with Crippen LogP contribution in [0.2, 0.25) is 0 Å². The van der Waals surface area contributed by atoms with Crippen molar-refractivity contribution < 1.29 is 4.79 Å². The van der Waals surface area contributed by atoms with Crippen LogP contribution in [0.3, 0.4) is 0 Å². The number of carbonyl (C=O) groups excluding carboxylic acids is 1. The number of fused-ring (bicyclic) bond motifs is 1. The Hall–Kier alpha value is -1.35. The van der Waals surface area contributed by atoms with Gasteiger partial charge in [-0.15, -0.1) is 0 Å². The molecule has 2 heterocycles. The minimum absolute atomic E-state index is 0.0320. The number of likely N-dealkylation sites (tertiary alicyclic amines) is 1. The van der Waals surface area contributed by atoms with E-state index in [1.54, 1.807) is 0 Å². The van der Waals surface area contributed by atoms with Gasteiger partial charge in [0.1, 0.15) is 0 Å². The third kappa shape index (κ3) is 2.16. The number of nitrogens with one attached hydrogen (secondary N) is 1. The molecule has 0 saturated carbocycles. The van der Waals surface area contributed by atoms with E-state index in [1.165, 1.54) is 0 Å². The first-order chi connectivity index (χ1) is 9.18. The average molecular weight is 258 g/mol. The van der Waals surface area contributed by atoms with Crippen LogP contribution in [-0.4, -0.2) is 36.5 Å². The summed E-state index contributed by atoms with van der Waals surface area (Å²) in [5.74, 6) is 1.55. The number of benzene rings is 1. The zero-order chi connectivity index (χ0) is 13.4. The van der Waals surface area contributed by atoms with E-state index in [1.807, 2.05) is 37.3 Å². The van der Waals surface area contributed by atoms with Gasteiger partial charge in [-0.2, -0.15) is 0 Å². The van der Waals surface area contributed by atoms with Crippen molar-refractivity contribution >= 4 is 5.91 Å². The van der Waals surface area contributed by atoms with Gasteiger partial charge in [0.25, 0.3) is 0 Å². The molecule has 4 unspecified atom stereocenters. The van der Waals surface area contributed by atoms with E-state index < -0.39 is 0 Å². The van der Waals surface area contributed by atoms with Crippen LogP contribution in [-0.2, 0) is 4.79 Å². The molecule has 2 aliphatic heterocycles. The van der Waals surface area contributed by atoms with Gasteiger partial charge in [-0.25, -0.2) is 0 Å². The van der Waals surface area contributed by atoms with Gasteiger partial charge in [0.2, 0.25) is 5.91 Å². The SMILES string of the molecule is CC(C(=O)N1CC2CNCC2C1C)c1ccccc1. The predicted molar refractivity (Wildman–Crippen MR) is 75.9 cm³/mol. The minimum Gasteiger partial charge on any atom is -0.339 e. The summed E-state index contributed by atoms with van der Waals surface area (Å²) in [6.45, 7) is 7.28. The number of nitrogens with zero attached hydrogens (tertiary/aromatic N) is 1. The predicted octanol–water partition coefficient (Wildman–Crippen LogP) is 1.86. The molecule has 0 aromatic heterocycles. The van der Waals surface area contributed by atoms with Crippen molar-refractivity contribution in [3.63, 3.8) is 0 Å². The summed E-state index contributed by atoms with van der Waals surface area (Å²) in [7, 11) is 0. The number of carbonyl (C=O) groups is 1. The first-order valence-electron chi connectivity index (χ1n) is 7.24. The zero-order valence-electron chi connectivity index (χ0n) is 11.7. The van der Waals surface area contributed by atoms with Crippen LogP contribution >= 0.6 is 0 Å². The lowest BCUT2D eigenvalue weighted by Crippen LogP contribution is -2.40. The van der Waals surface area contributed by atoms with Gasteiger partial charge in [-0.05, 0) is 31.2 Å². The molecule has 2 aliphatic rings. The van der Waals surface area contributed by atoms with Crippen molar-refractivity contribution in [1.82, 2.24) is 10.2 Å². The van der Waals surface area contributed by atoms with Gasteiger partial charge in [0.05, 0.1) is 5.92 Å². The van der Waals surface area contributed by atoms with Gasteiger partial charge in [-0.1, -0.05) is 30.3 Å². The molecule has 1 N–H and O–H groups in total. The summed E-state index contributed by atoms with van der Waals surface area (Å²) in [5.41, 5.74) is 1.12. The normalized spacial score (nSPS) is 31.3. The molecule has 1 aromatic rings. The molecule has 1 aromatic carbocycles. The molecule has 0 radical (unpaired) electrons. The van der Waals surface area contributed by atoms with Gasteiger partial charge in [0, 0.05) is 25.7 Å². The average Bonchev–Trinajstić information content (AvgIpc) is 3.02. The molecule has 3 nitrogen and oxygen atoms in total. The van der Waals surface area contributed by atoms with Crippen molar-refractivity contribution in [2.45, 2.75) is 25.8 Å². The molecule has 102 valence electrons. The van der Waals surface area contributed by atoms with E-state index in [4.69, 9.17) is 0 Å². The standard InChI is InChI=1S/C16H22N2O/c1-11(13-6-4-3-5-7-13)16(19)18-10-14-8-17-9-15(14)12(18)2/h3-7,11-12,14-15,17H,8-10H2,1-2H3. The molecule has 19 heavy (non-hydrogen) atoms. The van der Waals surface area contributed by atoms with Crippen LogP contribution in [0.5, 0.6) is 0 Å². The second-order valence-electron chi connectivity index (χ2n) is 5.95. The monoisotopic (exact) mass is 258 g/mol. The van der Waals surface area contributed by atoms with Crippen molar-refractivity contribution in [2.75, 3.05) is 19.6 Å². The summed E-state index contributed by atoms with van der Waals surface area (Å²) < 4.78 is 0. The number of amides is 1. The van der Waals surface area contributed by atoms with Crippen molar-refractivity contribution in [1.29, 1.82) is 0 Å². The Morgan fingerprint density at radius 2 is 2.05 bits per heavy atom. The Balaban J connectivity index is 1.74. The summed E-state index contributed by atoms with van der Waals surface area (Å²) >= 11 is 0. The van der Waals surface area contributed by atoms with Gasteiger partial charge in [0.15, 0.2) is 0 Å². The molecule has 0 bridgehead atoms. The maximum Gasteiger partial charge on any atom is 0.230 e. The molecule has 3 rings (SSSR count). The number of hydrogen-bond acceptors (Lipinski definition) is 2. The highest BCUT2D eigenvalue weighted by molar-refractivity contribution is 5.84. The second kappa shape index (κ2) is 4.97. The zero-order valence-corrected chi connectivity index (χ0v) is 11.7. The lowest BCUT2D eigenvalue weighted by atomic mass is 9.95. The van der Waals surface area contributed by atoms with Gasteiger partial charge >= 0.3 is 0 Å². The van der Waals surface area contributed by atoms with E-state index >= 15 is 0 Å². The molecular formula is C16H22N2O. The first kappa shape index (κ1) is 12.7. The van der Waals surface area contributed by atoms with Crippen LogP contribution in [0.15, 0.2) is 30.3 Å². The Labute approximate surface area is 115 Å². The van der Waals surface area contributed by atoms with E-state index in [9.17, 15) is 4.79 Å². The van der Waals surface area contributed by atoms with Crippen molar-refractivity contribution in [3.8, 4) is 0 Å².